The van der Waals surface area contributed by atoms with Gasteiger partial charge in [-0.15, -0.1) is 0 Å². The van der Waals surface area contributed by atoms with E-state index in [9.17, 15) is 40.7 Å². The number of H-pyrrole nitrogens is 1. The predicted octanol–water partition coefficient (Wildman–Crippen LogP) is 5.26. The highest BCUT2D eigenvalue weighted by atomic mass is 32.2. The Morgan fingerprint density at radius 1 is 0.857 bits per heavy atom. The van der Waals surface area contributed by atoms with E-state index in [0.29, 0.717) is 54.8 Å². The maximum atomic E-state index is 14.7. The van der Waals surface area contributed by atoms with Crippen LogP contribution >= 0.6 is 11.8 Å². The van der Waals surface area contributed by atoms with Gasteiger partial charge in [-0.2, -0.15) is 26.3 Å². The van der Waals surface area contributed by atoms with Crippen molar-refractivity contribution < 1.29 is 40.7 Å². The molecule has 302 valence electrons. The standard InChI is InChI=1S/C38H44F6N8O3S/c1-52-31(17-23-20-48-28-10-3-2-9-26(23)28)34(54)50-21-24-16-25(37(39,40)41)18-27(38(42,43)44)32(24)56-35-22(8-7-15-47-35)19-49-29(12-6-14-46)33(53)51-30(36(52)55)11-4-5-13-45/h2-3,7-10,15-16,18,20,29-31,48-49H,4-6,11-14,17,19,21,45-46H2,1H3,(H,50,54)(H,51,53)/t29-,30-,31-/m0/s1. The number of aromatic nitrogens is 2. The number of hydrogen-bond donors (Lipinski definition) is 6. The van der Waals surface area contributed by atoms with Gasteiger partial charge >= 0.3 is 12.4 Å². The van der Waals surface area contributed by atoms with Crippen molar-refractivity contribution in [1.82, 2.24) is 30.8 Å². The van der Waals surface area contributed by atoms with E-state index in [1.807, 2.05) is 6.07 Å². The molecule has 5 rings (SSSR count). The fourth-order valence-corrected chi connectivity index (χ4v) is 7.70. The Morgan fingerprint density at radius 2 is 1.59 bits per heavy atom. The second-order valence-electron chi connectivity index (χ2n) is 13.5. The SMILES string of the molecule is CN1C(=O)[C@H](CCCCN)NC(=O)[C@H](CCCN)NCc2cccnc2Sc2c(cc(C(F)(F)F)cc2C(F)(F)F)CNC(=O)[C@@H]1Cc1c[nH]c2ccccc12. The smallest absolute Gasteiger partial charge is 0.361 e. The summed E-state index contributed by atoms with van der Waals surface area (Å²) in [7, 11) is 1.37. The van der Waals surface area contributed by atoms with E-state index in [1.165, 1.54) is 19.3 Å². The first-order chi connectivity index (χ1) is 26.6. The number of aromatic amines is 1. The van der Waals surface area contributed by atoms with Gasteiger partial charge in [-0.3, -0.25) is 14.4 Å². The van der Waals surface area contributed by atoms with Crippen molar-refractivity contribution >= 4 is 40.4 Å². The number of nitrogens with zero attached hydrogens (tertiary/aromatic N) is 2. The van der Waals surface area contributed by atoms with E-state index in [2.05, 4.69) is 25.9 Å². The minimum atomic E-state index is -5.23. The molecule has 0 saturated heterocycles. The summed E-state index contributed by atoms with van der Waals surface area (Å²) in [5.41, 5.74) is 9.64. The summed E-state index contributed by atoms with van der Waals surface area (Å²) in [6.45, 7) is -0.261. The van der Waals surface area contributed by atoms with E-state index < -0.39 is 76.3 Å². The number of carbonyl (C=O) groups is 3. The third-order valence-corrected chi connectivity index (χ3v) is 10.9. The number of para-hydroxylation sites is 1. The molecule has 3 heterocycles. The molecule has 1 aliphatic rings. The Labute approximate surface area is 323 Å². The van der Waals surface area contributed by atoms with Gasteiger partial charge in [0.2, 0.25) is 17.7 Å². The van der Waals surface area contributed by atoms with Gasteiger partial charge in [0.05, 0.1) is 17.2 Å². The minimum Gasteiger partial charge on any atom is -0.361 e. The van der Waals surface area contributed by atoms with Gasteiger partial charge in [0.1, 0.15) is 17.1 Å². The molecule has 2 aromatic carbocycles. The number of rotatable bonds is 9. The number of nitrogens with one attached hydrogen (secondary N) is 4. The normalized spacial score (nSPS) is 19.3. The van der Waals surface area contributed by atoms with Crippen molar-refractivity contribution in [2.24, 2.45) is 11.5 Å². The number of benzene rings is 2. The summed E-state index contributed by atoms with van der Waals surface area (Å²) >= 11 is 0.504. The number of alkyl halides is 6. The second-order valence-corrected chi connectivity index (χ2v) is 14.5. The van der Waals surface area contributed by atoms with Crippen LogP contribution in [-0.2, 0) is 46.2 Å². The molecule has 2 aromatic heterocycles. The minimum absolute atomic E-state index is 0.0342. The molecule has 0 radical (unpaired) electrons. The molecule has 8 N–H and O–H groups in total. The second kappa shape index (κ2) is 18.5. The lowest BCUT2D eigenvalue weighted by atomic mass is 10.0. The van der Waals surface area contributed by atoms with Crippen LogP contribution < -0.4 is 27.4 Å². The van der Waals surface area contributed by atoms with Crippen LogP contribution in [-0.4, -0.2) is 70.9 Å². The van der Waals surface area contributed by atoms with Crippen molar-refractivity contribution in [1.29, 1.82) is 0 Å². The summed E-state index contributed by atoms with van der Waals surface area (Å²) in [5.74, 6) is -2.01. The summed E-state index contributed by atoms with van der Waals surface area (Å²) in [5, 5.41) is 9.29. The number of unbranched alkanes of at least 4 members (excludes halogenated alkanes) is 1. The Bertz CT molecular complexity index is 2010. The average Bonchev–Trinajstić information content (AvgIpc) is 3.57. The first-order valence-corrected chi connectivity index (χ1v) is 18.9. The number of halogens is 6. The van der Waals surface area contributed by atoms with E-state index in [4.69, 9.17) is 11.5 Å². The van der Waals surface area contributed by atoms with Crippen LogP contribution in [0.3, 0.4) is 0 Å². The number of fused-ring (bicyclic) bond motifs is 3. The zero-order valence-electron chi connectivity index (χ0n) is 30.5. The molecule has 0 aliphatic carbocycles. The molecule has 3 amide bonds. The fraction of sp³-hybridized carbons (Fsp3) is 0.421. The number of amides is 3. The quantitative estimate of drug-likeness (QED) is 0.0983. The fourth-order valence-electron chi connectivity index (χ4n) is 6.58. The molecule has 18 heteroatoms. The zero-order chi connectivity index (χ0) is 40.6. The van der Waals surface area contributed by atoms with Gasteiger partial charge in [-0.25, -0.2) is 4.98 Å². The lowest BCUT2D eigenvalue weighted by Crippen LogP contribution is -2.57. The summed E-state index contributed by atoms with van der Waals surface area (Å²) in [6.07, 6.45) is -5.67. The van der Waals surface area contributed by atoms with Crippen LogP contribution in [0.2, 0.25) is 0 Å². The highest BCUT2D eigenvalue weighted by molar-refractivity contribution is 7.99. The van der Waals surface area contributed by atoms with Crippen molar-refractivity contribution in [3.63, 3.8) is 0 Å². The molecular weight excluding hydrogens is 763 g/mol. The Balaban J connectivity index is 1.66. The van der Waals surface area contributed by atoms with Crippen LogP contribution in [0.4, 0.5) is 26.3 Å². The molecule has 0 bridgehead atoms. The topological polar surface area (TPSA) is 171 Å². The van der Waals surface area contributed by atoms with Gasteiger partial charge < -0.3 is 37.3 Å². The number of hydrogen-bond acceptors (Lipinski definition) is 8. The van der Waals surface area contributed by atoms with Gasteiger partial charge in [0, 0.05) is 54.8 Å². The Morgan fingerprint density at radius 3 is 2.30 bits per heavy atom. The summed E-state index contributed by atoms with van der Waals surface area (Å²) in [6, 6.07) is 7.59. The van der Waals surface area contributed by atoms with Crippen molar-refractivity contribution in [2.45, 2.75) is 92.0 Å². The zero-order valence-corrected chi connectivity index (χ0v) is 31.3. The van der Waals surface area contributed by atoms with Crippen molar-refractivity contribution in [3.05, 3.63) is 88.7 Å². The molecule has 11 nitrogen and oxygen atoms in total. The molecular formula is C38H44F6N8O3S. The van der Waals surface area contributed by atoms with Crippen LogP contribution in [0, 0.1) is 0 Å². The maximum absolute atomic E-state index is 14.7. The number of pyridine rings is 1. The molecule has 0 spiro atoms. The largest absolute Gasteiger partial charge is 0.417 e. The molecule has 3 atom stereocenters. The number of likely N-dealkylation sites (N-methyl/N-ethyl adjacent to an activating group) is 1. The summed E-state index contributed by atoms with van der Waals surface area (Å²) in [4.78, 5) is 50.5. The van der Waals surface area contributed by atoms with Gasteiger partial charge in [-0.1, -0.05) is 36.0 Å². The molecule has 0 unspecified atom stereocenters. The summed E-state index contributed by atoms with van der Waals surface area (Å²) < 4.78 is 86.4. The molecule has 1 aliphatic heterocycles. The first kappa shape index (κ1) is 42.5. The van der Waals surface area contributed by atoms with Gasteiger partial charge in [-0.05, 0) is 86.1 Å². The molecule has 0 saturated carbocycles. The van der Waals surface area contributed by atoms with E-state index in [0.717, 1.165) is 15.8 Å². The van der Waals surface area contributed by atoms with Gasteiger partial charge in [0.25, 0.3) is 0 Å². The highest BCUT2D eigenvalue weighted by Crippen LogP contribution is 2.45. The van der Waals surface area contributed by atoms with Crippen molar-refractivity contribution in [3.8, 4) is 0 Å². The van der Waals surface area contributed by atoms with E-state index in [-0.39, 0.29) is 43.4 Å². The maximum Gasteiger partial charge on any atom is 0.417 e. The van der Waals surface area contributed by atoms with E-state index >= 15 is 0 Å². The third kappa shape index (κ3) is 10.4. The molecule has 0 fully saturated rings. The third-order valence-electron chi connectivity index (χ3n) is 9.62. The highest BCUT2D eigenvalue weighted by Gasteiger charge is 2.41. The van der Waals surface area contributed by atoms with Crippen LogP contribution in [0.15, 0.2) is 70.8 Å². The molecule has 4 aromatic rings. The lowest BCUT2D eigenvalue weighted by molar-refractivity contribution is -0.144. The molecule has 56 heavy (non-hydrogen) atoms. The van der Waals surface area contributed by atoms with Crippen LogP contribution in [0.1, 0.15) is 59.9 Å². The lowest BCUT2D eigenvalue weighted by Gasteiger charge is -2.32. The van der Waals surface area contributed by atoms with Crippen molar-refractivity contribution in [2.75, 3.05) is 20.1 Å². The average molecular weight is 807 g/mol. The predicted molar refractivity (Wildman–Crippen MR) is 199 cm³/mol. The Hall–Kier alpha value is -4.65. The van der Waals surface area contributed by atoms with Gasteiger partial charge in [0.15, 0.2) is 0 Å². The Kier molecular flexibility index (Phi) is 14.1. The number of nitrogens with two attached hydrogens (primary N) is 2. The monoisotopic (exact) mass is 806 g/mol. The number of carbonyl (C=O) groups excluding carboxylic acids is 3. The van der Waals surface area contributed by atoms with Crippen LogP contribution in [0.5, 0.6) is 0 Å². The van der Waals surface area contributed by atoms with E-state index in [1.54, 1.807) is 30.5 Å². The first-order valence-electron chi connectivity index (χ1n) is 18.1. The van der Waals surface area contributed by atoms with Crippen LogP contribution in [0.25, 0.3) is 10.9 Å².